The van der Waals surface area contributed by atoms with Crippen LogP contribution in [0.2, 0.25) is 0 Å². The molecule has 1 aliphatic heterocycles. The Morgan fingerprint density at radius 2 is 2.00 bits per heavy atom. The first-order chi connectivity index (χ1) is 8.10. The summed E-state index contributed by atoms with van der Waals surface area (Å²) in [6.45, 7) is 9.98. The molecule has 2 saturated carbocycles. The Hall–Kier alpha value is -0.300. The van der Waals surface area contributed by atoms with E-state index >= 15 is 0 Å². The first-order valence-corrected chi connectivity index (χ1v) is 7.37. The van der Waals surface area contributed by atoms with E-state index in [1.54, 1.807) is 0 Å². The molecule has 3 fully saturated rings. The van der Waals surface area contributed by atoms with E-state index in [0.29, 0.717) is 5.41 Å². The van der Waals surface area contributed by atoms with Gasteiger partial charge in [-0.1, -0.05) is 19.4 Å². The van der Waals surface area contributed by atoms with Gasteiger partial charge in [0.25, 0.3) is 0 Å². The summed E-state index contributed by atoms with van der Waals surface area (Å²) in [5.74, 6) is 2.42. The van der Waals surface area contributed by atoms with Crippen LogP contribution in [0.4, 0.5) is 0 Å². The van der Waals surface area contributed by atoms with Crippen molar-refractivity contribution < 1.29 is 4.74 Å². The molecular weight excluding hydrogens is 208 g/mol. The highest BCUT2D eigenvalue weighted by Gasteiger charge is 2.58. The Morgan fingerprint density at radius 1 is 1.18 bits per heavy atom. The molecule has 0 aromatic heterocycles. The fourth-order valence-corrected chi connectivity index (χ4v) is 5.38. The molecule has 0 amide bonds. The molecule has 0 unspecified atom stereocenters. The highest BCUT2D eigenvalue weighted by atomic mass is 16.5. The third kappa shape index (κ3) is 1.54. The minimum Gasteiger partial charge on any atom is -0.375 e. The first kappa shape index (κ1) is 11.8. The Morgan fingerprint density at radius 3 is 2.76 bits per heavy atom. The van der Waals surface area contributed by atoms with Crippen molar-refractivity contribution in [2.45, 2.75) is 58.0 Å². The topological polar surface area (TPSA) is 9.23 Å². The van der Waals surface area contributed by atoms with Crippen molar-refractivity contribution in [3.63, 3.8) is 0 Å². The standard InChI is InChI=1S/C16H26O/c1-4-12-6-5-9-15(2)13(12)7-10-16(3)14(15)8-11-17-16/h4,12-14H,1,5-11H2,2-3H3/t12-,13+,14-,15+,16-/m1/s1. The summed E-state index contributed by atoms with van der Waals surface area (Å²) in [6.07, 6.45) is 10.3. The van der Waals surface area contributed by atoms with E-state index in [9.17, 15) is 0 Å². The van der Waals surface area contributed by atoms with Crippen LogP contribution in [-0.2, 0) is 4.74 Å². The van der Waals surface area contributed by atoms with E-state index in [0.717, 1.165) is 24.4 Å². The molecule has 0 spiro atoms. The van der Waals surface area contributed by atoms with Crippen molar-refractivity contribution >= 4 is 0 Å². The third-order valence-corrected chi connectivity index (χ3v) is 6.24. The lowest BCUT2D eigenvalue weighted by atomic mass is 9.49. The molecular formula is C16H26O. The molecule has 0 radical (unpaired) electrons. The smallest absolute Gasteiger partial charge is 0.0688 e. The molecule has 1 saturated heterocycles. The average Bonchev–Trinajstić information content (AvgIpc) is 2.71. The van der Waals surface area contributed by atoms with Gasteiger partial charge in [0.05, 0.1) is 5.60 Å². The molecule has 3 aliphatic rings. The van der Waals surface area contributed by atoms with E-state index in [-0.39, 0.29) is 5.60 Å². The molecule has 0 aromatic carbocycles. The molecule has 1 heteroatoms. The molecule has 2 aliphatic carbocycles. The quantitative estimate of drug-likeness (QED) is 0.618. The predicted molar refractivity (Wildman–Crippen MR) is 70.8 cm³/mol. The molecule has 1 nitrogen and oxygen atoms in total. The van der Waals surface area contributed by atoms with E-state index in [2.05, 4.69) is 26.5 Å². The maximum Gasteiger partial charge on any atom is 0.0688 e. The van der Waals surface area contributed by atoms with Crippen molar-refractivity contribution in [1.82, 2.24) is 0 Å². The van der Waals surface area contributed by atoms with Gasteiger partial charge in [0, 0.05) is 6.61 Å². The predicted octanol–water partition coefficient (Wildman–Crippen LogP) is 4.18. The first-order valence-electron chi connectivity index (χ1n) is 7.37. The van der Waals surface area contributed by atoms with Gasteiger partial charge >= 0.3 is 0 Å². The van der Waals surface area contributed by atoms with Crippen molar-refractivity contribution in [3.05, 3.63) is 12.7 Å². The summed E-state index contributed by atoms with van der Waals surface area (Å²) in [4.78, 5) is 0. The summed E-state index contributed by atoms with van der Waals surface area (Å²) in [6, 6.07) is 0. The number of hydrogen-bond acceptors (Lipinski definition) is 1. The summed E-state index contributed by atoms with van der Waals surface area (Å²) in [5.41, 5.74) is 0.703. The van der Waals surface area contributed by atoms with Crippen molar-refractivity contribution in [1.29, 1.82) is 0 Å². The van der Waals surface area contributed by atoms with Crippen LogP contribution in [0.3, 0.4) is 0 Å². The number of fused-ring (bicyclic) bond motifs is 3. The van der Waals surface area contributed by atoms with Gasteiger partial charge in [0.15, 0.2) is 0 Å². The summed E-state index contributed by atoms with van der Waals surface area (Å²) in [7, 11) is 0. The van der Waals surface area contributed by atoms with E-state index < -0.39 is 0 Å². The van der Waals surface area contributed by atoms with Gasteiger partial charge in [-0.2, -0.15) is 0 Å². The zero-order chi connectivity index (χ0) is 12.1. The average molecular weight is 234 g/mol. The van der Waals surface area contributed by atoms with E-state index in [4.69, 9.17) is 4.74 Å². The second-order valence-corrected chi connectivity index (χ2v) is 6.95. The molecule has 0 aromatic rings. The van der Waals surface area contributed by atoms with E-state index in [1.807, 2.05) is 0 Å². The lowest BCUT2D eigenvalue weighted by Gasteiger charge is -2.57. The van der Waals surface area contributed by atoms with Crippen LogP contribution in [-0.4, -0.2) is 12.2 Å². The molecule has 5 atom stereocenters. The molecule has 96 valence electrons. The highest BCUT2D eigenvalue weighted by molar-refractivity contribution is 5.09. The van der Waals surface area contributed by atoms with Crippen molar-refractivity contribution in [3.8, 4) is 0 Å². The second-order valence-electron chi connectivity index (χ2n) is 6.95. The van der Waals surface area contributed by atoms with Gasteiger partial charge in [-0.15, -0.1) is 6.58 Å². The monoisotopic (exact) mass is 234 g/mol. The van der Waals surface area contributed by atoms with Gasteiger partial charge in [0.2, 0.25) is 0 Å². The minimum atomic E-state index is 0.189. The van der Waals surface area contributed by atoms with Crippen LogP contribution in [0.1, 0.15) is 52.4 Å². The molecule has 17 heavy (non-hydrogen) atoms. The lowest BCUT2D eigenvalue weighted by Crippen LogP contribution is -2.53. The maximum absolute atomic E-state index is 6.10. The zero-order valence-corrected chi connectivity index (χ0v) is 11.4. The number of hydrogen-bond donors (Lipinski definition) is 0. The van der Waals surface area contributed by atoms with Gasteiger partial charge in [0.1, 0.15) is 0 Å². The fraction of sp³-hybridized carbons (Fsp3) is 0.875. The van der Waals surface area contributed by atoms with Crippen LogP contribution in [0, 0.1) is 23.2 Å². The molecule has 3 rings (SSSR count). The SMILES string of the molecule is C=C[C@@H]1CCC[C@]2(C)[C@H]3CCO[C@]3(C)CC[C@@H]12. The largest absolute Gasteiger partial charge is 0.375 e. The lowest BCUT2D eigenvalue weighted by molar-refractivity contribution is -0.124. The number of ether oxygens (including phenoxy) is 1. The summed E-state index contributed by atoms with van der Waals surface area (Å²) >= 11 is 0. The fourth-order valence-electron chi connectivity index (χ4n) is 5.38. The molecule has 1 heterocycles. The maximum atomic E-state index is 6.10. The van der Waals surface area contributed by atoms with Gasteiger partial charge < -0.3 is 4.74 Å². The highest BCUT2D eigenvalue weighted by Crippen LogP contribution is 2.61. The van der Waals surface area contributed by atoms with Crippen molar-refractivity contribution in [2.75, 3.05) is 6.61 Å². The van der Waals surface area contributed by atoms with Gasteiger partial charge in [-0.3, -0.25) is 0 Å². The Bertz CT molecular complexity index is 323. The number of allylic oxidation sites excluding steroid dienone is 1. The normalized spacial score (nSPS) is 53.9. The van der Waals surface area contributed by atoms with Crippen LogP contribution in [0.15, 0.2) is 12.7 Å². The van der Waals surface area contributed by atoms with E-state index in [1.165, 1.54) is 38.5 Å². The summed E-state index contributed by atoms with van der Waals surface area (Å²) < 4.78 is 6.10. The van der Waals surface area contributed by atoms with Gasteiger partial charge in [-0.25, -0.2) is 0 Å². The Kier molecular flexibility index (Phi) is 2.66. The zero-order valence-electron chi connectivity index (χ0n) is 11.4. The Labute approximate surface area is 106 Å². The minimum absolute atomic E-state index is 0.189. The van der Waals surface area contributed by atoms with Crippen LogP contribution in [0.5, 0.6) is 0 Å². The van der Waals surface area contributed by atoms with Crippen LogP contribution < -0.4 is 0 Å². The third-order valence-electron chi connectivity index (χ3n) is 6.24. The van der Waals surface area contributed by atoms with Crippen LogP contribution in [0.25, 0.3) is 0 Å². The number of rotatable bonds is 1. The van der Waals surface area contributed by atoms with Crippen molar-refractivity contribution in [2.24, 2.45) is 23.2 Å². The Balaban J connectivity index is 1.94. The molecule has 0 N–H and O–H groups in total. The van der Waals surface area contributed by atoms with Crippen LogP contribution >= 0.6 is 0 Å². The second kappa shape index (κ2) is 3.85. The molecule has 0 bridgehead atoms. The summed E-state index contributed by atoms with van der Waals surface area (Å²) in [5, 5.41) is 0. The van der Waals surface area contributed by atoms with Gasteiger partial charge in [-0.05, 0) is 62.2 Å².